The number of nitrogens with zero attached hydrogens (tertiary/aromatic N) is 2. The van der Waals surface area contributed by atoms with Gasteiger partial charge in [0.2, 0.25) is 0 Å². The Bertz CT molecular complexity index is 556. The van der Waals surface area contributed by atoms with Gasteiger partial charge in [0.15, 0.2) is 5.96 Å². The first-order chi connectivity index (χ1) is 11.6. The van der Waals surface area contributed by atoms with E-state index in [0.717, 1.165) is 36.1 Å². The summed E-state index contributed by atoms with van der Waals surface area (Å²) >= 11 is 1.84. The van der Waals surface area contributed by atoms with Gasteiger partial charge in [-0.1, -0.05) is 18.2 Å². The predicted octanol–water partition coefficient (Wildman–Crippen LogP) is 3.70. The van der Waals surface area contributed by atoms with Gasteiger partial charge < -0.3 is 15.0 Å². The fourth-order valence-corrected chi connectivity index (χ4v) is 3.30. The SMILES string of the molecule is C=CCSCCNC(=NC)N1CC(C)OC(c2ccc(F)cc2)C1.I. The normalized spacial score (nSPS) is 20.8. The van der Waals surface area contributed by atoms with E-state index in [1.807, 2.05) is 17.8 Å². The molecular weight excluding hydrogens is 452 g/mol. The van der Waals surface area contributed by atoms with Crippen LogP contribution in [0.1, 0.15) is 18.6 Å². The Hall–Kier alpha value is -0.800. The molecular formula is C18H27FIN3OS. The molecule has 0 aliphatic carbocycles. The number of morpholine rings is 1. The van der Waals surface area contributed by atoms with Crippen LogP contribution in [0, 0.1) is 5.82 Å². The highest BCUT2D eigenvalue weighted by atomic mass is 127. The molecule has 0 bridgehead atoms. The molecule has 1 saturated heterocycles. The van der Waals surface area contributed by atoms with Gasteiger partial charge >= 0.3 is 0 Å². The van der Waals surface area contributed by atoms with Crippen LogP contribution in [0.4, 0.5) is 4.39 Å². The van der Waals surface area contributed by atoms with Crippen molar-refractivity contribution < 1.29 is 9.13 Å². The standard InChI is InChI=1S/C18H26FN3OS.HI/c1-4-10-24-11-9-21-18(20-3)22-12-14(2)23-17(13-22)15-5-7-16(19)8-6-15;/h4-8,14,17H,1,9-13H2,2-3H3,(H,20,21);1H. The summed E-state index contributed by atoms with van der Waals surface area (Å²) in [5, 5.41) is 3.40. The first kappa shape index (κ1) is 22.2. The molecule has 2 atom stereocenters. The van der Waals surface area contributed by atoms with E-state index >= 15 is 0 Å². The fraction of sp³-hybridized carbons (Fsp3) is 0.500. The number of guanidine groups is 1. The minimum Gasteiger partial charge on any atom is -0.367 e. The molecule has 0 spiro atoms. The van der Waals surface area contributed by atoms with Crippen molar-refractivity contribution in [3.63, 3.8) is 0 Å². The number of halogens is 2. The summed E-state index contributed by atoms with van der Waals surface area (Å²) in [6.45, 7) is 8.13. The van der Waals surface area contributed by atoms with Crippen molar-refractivity contribution in [2.45, 2.75) is 19.1 Å². The molecule has 7 heteroatoms. The topological polar surface area (TPSA) is 36.9 Å². The lowest BCUT2D eigenvalue weighted by Crippen LogP contribution is -2.51. The van der Waals surface area contributed by atoms with Crippen molar-refractivity contribution in [2.24, 2.45) is 4.99 Å². The van der Waals surface area contributed by atoms with Gasteiger partial charge in [0.25, 0.3) is 0 Å². The lowest BCUT2D eigenvalue weighted by atomic mass is 10.1. The molecule has 1 aromatic carbocycles. The van der Waals surface area contributed by atoms with Crippen molar-refractivity contribution in [1.29, 1.82) is 0 Å². The van der Waals surface area contributed by atoms with Crippen LogP contribution in [-0.2, 0) is 4.74 Å². The summed E-state index contributed by atoms with van der Waals surface area (Å²) in [5.41, 5.74) is 0.991. The lowest BCUT2D eigenvalue weighted by molar-refractivity contribution is -0.0604. The van der Waals surface area contributed by atoms with Gasteiger partial charge in [-0.05, 0) is 24.6 Å². The van der Waals surface area contributed by atoms with Gasteiger partial charge in [-0.25, -0.2) is 4.39 Å². The summed E-state index contributed by atoms with van der Waals surface area (Å²) in [7, 11) is 1.80. The summed E-state index contributed by atoms with van der Waals surface area (Å²) in [6, 6.07) is 6.54. The third kappa shape index (κ3) is 7.15. The van der Waals surface area contributed by atoms with E-state index < -0.39 is 0 Å². The smallest absolute Gasteiger partial charge is 0.193 e. The predicted molar refractivity (Wildman–Crippen MR) is 116 cm³/mol. The van der Waals surface area contributed by atoms with Crippen molar-refractivity contribution in [3.05, 3.63) is 48.3 Å². The van der Waals surface area contributed by atoms with Gasteiger partial charge in [-0.15, -0.1) is 30.6 Å². The number of hydrogen-bond donors (Lipinski definition) is 1. The van der Waals surface area contributed by atoms with Crippen LogP contribution in [0.15, 0.2) is 41.9 Å². The molecule has 1 aliphatic heterocycles. The molecule has 2 unspecified atom stereocenters. The van der Waals surface area contributed by atoms with Gasteiger partial charge in [0.05, 0.1) is 12.6 Å². The van der Waals surface area contributed by atoms with Gasteiger partial charge in [0, 0.05) is 31.6 Å². The maximum absolute atomic E-state index is 13.1. The largest absolute Gasteiger partial charge is 0.367 e. The molecule has 0 amide bonds. The van der Waals surface area contributed by atoms with E-state index in [-0.39, 0.29) is 42.0 Å². The van der Waals surface area contributed by atoms with Crippen molar-refractivity contribution in [1.82, 2.24) is 10.2 Å². The maximum atomic E-state index is 13.1. The van der Waals surface area contributed by atoms with Crippen molar-refractivity contribution in [3.8, 4) is 0 Å². The minimum atomic E-state index is -0.228. The fourth-order valence-electron chi connectivity index (χ4n) is 2.72. The second-order valence-corrected chi connectivity index (χ2v) is 6.88. The van der Waals surface area contributed by atoms with Crippen LogP contribution in [0.5, 0.6) is 0 Å². The van der Waals surface area contributed by atoms with Crippen LogP contribution < -0.4 is 5.32 Å². The molecule has 140 valence electrons. The zero-order chi connectivity index (χ0) is 17.4. The molecule has 1 N–H and O–H groups in total. The quantitative estimate of drug-likeness (QED) is 0.222. The van der Waals surface area contributed by atoms with E-state index in [9.17, 15) is 4.39 Å². The Labute approximate surface area is 171 Å². The maximum Gasteiger partial charge on any atom is 0.193 e. The number of aliphatic imine (C=N–C) groups is 1. The first-order valence-corrected chi connectivity index (χ1v) is 9.34. The summed E-state index contributed by atoms with van der Waals surface area (Å²) in [4.78, 5) is 6.60. The Balaban J connectivity index is 0.00000312. The zero-order valence-electron chi connectivity index (χ0n) is 14.8. The second-order valence-electron chi connectivity index (χ2n) is 5.73. The zero-order valence-corrected chi connectivity index (χ0v) is 17.9. The second kappa shape index (κ2) is 11.7. The minimum absolute atomic E-state index is 0. The van der Waals surface area contributed by atoms with Crippen molar-refractivity contribution >= 4 is 41.7 Å². The van der Waals surface area contributed by atoms with Gasteiger partial charge in [-0.2, -0.15) is 11.8 Å². The number of rotatable bonds is 6. The number of benzene rings is 1. The molecule has 1 aromatic rings. The van der Waals surface area contributed by atoms with Crippen molar-refractivity contribution in [2.75, 3.05) is 38.2 Å². The molecule has 4 nitrogen and oxygen atoms in total. The Morgan fingerprint density at radius 1 is 1.44 bits per heavy atom. The molecule has 1 aliphatic rings. The molecule has 25 heavy (non-hydrogen) atoms. The third-order valence-corrected chi connectivity index (χ3v) is 4.74. The first-order valence-electron chi connectivity index (χ1n) is 8.19. The molecule has 1 heterocycles. The highest BCUT2D eigenvalue weighted by Gasteiger charge is 2.28. The molecule has 1 fully saturated rings. The Morgan fingerprint density at radius 3 is 2.80 bits per heavy atom. The van der Waals surface area contributed by atoms with E-state index in [4.69, 9.17) is 4.74 Å². The molecule has 0 aromatic heterocycles. The molecule has 2 rings (SSSR count). The average Bonchev–Trinajstić information content (AvgIpc) is 2.58. The number of hydrogen-bond acceptors (Lipinski definition) is 3. The van der Waals surface area contributed by atoms with E-state index in [1.165, 1.54) is 12.1 Å². The Morgan fingerprint density at radius 2 is 2.16 bits per heavy atom. The average molecular weight is 479 g/mol. The summed E-state index contributed by atoms with van der Waals surface area (Å²) < 4.78 is 19.2. The van der Waals surface area contributed by atoms with E-state index in [0.29, 0.717) is 6.54 Å². The van der Waals surface area contributed by atoms with Gasteiger partial charge in [-0.3, -0.25) is 4.99 Å². The monoisotopic (exact) mass is 479 g/mol. The number of ether oxygens (including phenoxy) is 1. The number of thioether (sulfide) groups is 1. The van der Waals surface area contributed by atoms with E-state index in [1.54, 1.807) is 19.2 Å². The lowest BCUT2D eigenvalue weighted by Gasteiger charge is -2.38. The highest BCUT2D eigenvalue weighted by molar-refractivity contribution is 14.0. The van der Waals surface area contributed by atoms with Crippen LogP contribution in [0.3, 0.4) is 0 Å². The molecule has 0 saturated carbocycles. The van der Waals surface area contributed by atoms with Crippen LogP contribution in [-0.4, -0.2) is 55.2 Å². The summed E-state index contributed by atoms with van der Waals surface area (Å²) in [6.07, 6.45) is 1.92. The Kier molecular flexibility index (Phi) is 10.4. The molecule has 0 radical (unpaired) electrons. The van der Waals surface area contributed by atoms with Crippen LogP contribution in [0.2, 0.25) is 0 Å². The van der Waals surface area contributed by atoms with Crippen LogP contribution in [0.25, 0.3) is 0 Å². The van der Waals surface area contributed by atoms with Crippen LogP contribution >= 0.6 is 35.7 Å². The van der Waals surface area contributed by atoms with Gasteiger partial charge in [0.1, 0.15) is 11.9 Å². The van der Waals surface area contributed by atoms with E-state index in [2.05, 4.69) is 28.7 Å². The third-order valence-electron chi connectivity index (χ3n) is 3.78. The summed E-state index contributed by atoms with van der Waals surface area (Å²) in [5.74, 6) is 2.62. The highest BCUT2D eigenvalue weighted by Crippen LogP contribution is 2.25. The number of nitrogens with one attached hydrogen (secondary N) is 1.